The van der Waals surface area contributed by atoms with E-state index < -0.39 is 5.92 Å². The summed E-state index contributed by atoms with van der Waals surface area (Å²) in [4.78, 5) is 41.4. The Morgan fingerprint density at radius 2 is 1.67 bits per heavy atom. The number of hydrogen-bond donors (Lipinski definition) is 0. The van der Waals surface area contributed by atoms with Crippen molar-refractivity contribution in [2.45, 2.75) is 39.5 Å². The number of hydrogen-bond acceptors (Lipinski definition) is 4. The van der Waals surface area contributed by atoms with Crippen LogP contribution in [0.5, 0.6) is 0 Å². The Labute approximate surface area is 160 Å². The van der Waals surface area contributed by atoms with E-state index in [-0.39, 0.29) is 23.3 Å². The zero-order valence-corrected chi connectivity index (χ0v) is 16.2. The fraction of sp³-hybridized carbons (Fsp3) is 0.522. The third kappa shape index (κ3) is 3.20. The van der Waals surface area contributed by atoms with E-state index in [1.54, 1.807) is 31.2 Å². The monoisotopic (exact) mass is 365 g/mol. The Bertz CT molecular complexity index is 838. The smallest absolute Gasteiger partial charge is 0.190 e. The Hall–Kier alpha value is -2.07. The van der Waals surface area contributed by atoms with E-state index in [2.05, 4.69) is 11.8 Å². The summed E-state index contributed by atoms with van der Waals surface area (Å²) in [5, 5.41) is 0. The predicted octanol–water partition coefficient (Wildman–Crippen LogP) is 3.71. The predicted molar refractivity (Wildman–Crippen MR) is 104 cm³/mol. The van der Waals surface area contributed by atoms with Gasteiger partial charge in [0.05, 0.1) is 0 Å². The summed E-state index contributed by atoms with van der Waals surface area (Å²) in [6.07, 6.45) is 3.63. The van der Waals surface area contributed by atoms with Crippen LogP contribution in [0.4, 0.5) is 0 Å². The van der Waals surface area contributed by atoms with Crippen molar-refractivity contribution in [3.8, 4) is 0 Å². The van der Waals surface area contributed by atoms with Crippen molar-refractivity contribution in [3.05, 3.63) is 46.5 Å². The largest absolute Gasteiger partial charge is 0.303 e. The normalized spacial score (nSPS) is 29.0. The van der Waals surface area contributed by atoms with Crippen LogP contribution < -0.4 is 0 Å². The summed E-state index contributed by atoms with van der Waals surface area (Å²) in [6, 6.07) is 7.02. The van der Waals surface area contributed by atoms with E-state index in [0.717, 1.165) is 26.1 Å². The van der Waals surface area contributed by atoms with Crippen LogP contribution in [0.15, 0.2) is 35.4 Å². The molecule has 0 saturated carbocycles. The molecule has 27 heavy (non-hydrogen) atoms. The molecule has 0 aromatic heterocycles. The third-order valence-corrected chi connectivity index (χ3v) is 6.50. The molecule has 0 spiro atoms. The molecule has 1 heterocycles. The molecule has 2 aliphatic carbocycles. The first-order valence-electron chi connectivity index (χ1n) is 10.1. The van der Waals surface area contributed by atoms with E-state index in [1.165, 1.54) is 12.8 Å². The lowest BCUT2D eigenvalue weighted by Crippen LogP contribution is -2.39. The van der Waals surface area contributed by atoms with Gasteiger partial charge in [0, 0.05) is 41.2 Å². The van der Waals surface area contributed by atoms with Gasteiger partial charge in [-0.05, 0) is 44.2 Å². The Kier molecular flexibility index (Phi) is 4.85. The van der Waals surface area contributed by atoms with Gasteiger partial charge in [-0.2, -0.15) is 0 Å². The minimum Gasteiger partial charge on any atom is -0.303 e. The van der Waals surface area contributed by atoms with Gasteiger partial charge in [-0.3, -0.25) is 14.4 Å². The minimum atomic E-state index is -0.476. The molecule has 4 rings (SSSR count). The molecule has 4 nitrogen and oxygen atoms in total. The van der Waals surface area contributed by atoms with Crippen molar-refractivity contribution >= 4 is 17.3 Å². The number of benzene rings is 1. The van der Waals surface area contributed by atoms with Crippen molar-refractivity contribution < 1.29 is 14.4 Å². The van der Waals surface area contributed by atoms with Crippen LogP contribution in [-0.4, -0.2) is 41.9 Å². The van der Waals surface area contributed by atoms with Crippen molar-refractivity contribution in [2.75, 3.05) is 19.6 Å². The van der Waals surface area contributed by atoms with Gasteiger partial charge in [-0.15, -0.1) is 0 Å². The van der Waals surface area contributed by atoms with Gasteiger partial charge in [0.2, 0.25) is 0 Å². The zero-order chi connectivity index (χ0) is 19.1. The summed E-state index contributed by atoms with van der Waals surface area (Å²) in [5.74, 6) is 0.00769. The maximum Gasteiger partial charge on any atom is 0.190 e. The number of likely N-dealkylation sites (tertiary alicyclic amines) is 1. The fourth-order valence-corrected chi connectivity index (χ4v) is 5.01. The maximum absolute atomic E-state index is 13.2. The number of rotatable bonds is 3. The minimum absolute atomic E-state index is 0.0448. The van der Waals surface area contributed by atoms with E-state index in [1.807, 2.05) is 0 Å². The molecule has 0 radical (unpaired) electrons. The highest BCUT2D eigenvalue weighted by atomic mass is 16.1. The van der Waals surface area contributed by atoms with Crippen LogP contribution in [0.25, 0.3) is 0 Å². The van der Waals surface area contributed by atoms with Gasteiger partial charge in [-0.1, -0.05) is 38.1 Å². The first kappa shape index (κ1) is 18.3. The van der Waals surface area contributed by atoms with E-state index in [9.17, 15) is 14.4 Å². The van der Waals surface area contributed by atoms with Crippen molar-refractivity contribution in [3.63, 3.8) is 0 Å². The van der Waals surface area contributed by atoms with E-state index in [4.69, 9.17) is 0 Å². The average molecular weight is 365 g/mol. The Morgan fingerprint density at radius 3 is 2.33 bits per heavy atom. The van der Waals surface area contributed by atoms with Crippen LogP contribution in [-0.2, 0) is 4.79 Å². The number of carbonyl (C=O) groups excluding carboxylic acids is 3. The molecule has 1 aromatic carbocycles. The molecule has 3 unspecified atom stereocenters. The van der Waals surface area contributed by atoms with E-state index in [0.29, 0.717) is 34.6 Å². The Balaban J connectivity index is 1.64. The number of carbonyl (C=O) groups is 3. The number of allylic oxidation sites excluding steroid dienone is 2. The lowest BCUT2D eigenvalue weighted by atomic mass is 9.67. The second-order valence-electron chi connectivity index (χ2n) is 8.46. The quantitative estimate of drug-likeness (QED) is 0.819. The van der Waals surface area contributed by atoms with Crippen LogP contribution >= 0.6 is 0 Å². The molecule has 1 saturated heterocycles. The van der Waals surface area contributed by atoms with Crippen LogP contribution in [0.2, 0.25) is 0 Å². The molecule has 1 aromatic rings. The number of piperidine rings is 1. The summed E-state index contributed by atoms with van der Waals surface area (Å²) in [5.41, 5.74) is 2.04. The van der Waals surface area contributed by atoms with Gasteiger partial charge in [0.1, 0.15) is 5.78 Å². The van der Waals surface area contributed by atoms with E-state index >= 15 is 0 Å². The molecule has 4 heteroatoms. The summed E-state index contributed by atoms with van der Waals surface area (Å²) >= 11 is 0. The maximum atomic E-state index is 13.2. The average Bonchev–Trinajstić information content (AvgIpc) is 2.67. The second-order valence-corrected chi connectivity index (χ2v) is 8.46. The standard InChI is InChI=1S/C23H27NO3/c1-14-6-5-10-24(13-14)11-9-16-12-19(25)15(2)20-21(16)23(27)18-8-4-3-7-17(18)22(20)26/h3-4,7-8,14-16H,5-6,9-13H2,1-2H3. The number of Topliss-reactive ketones (excluding diaryl/α,β-unsaturated/α-hetero) is 3. The highest BCUT2D eigenvalue weighted by Crippen LogP contribution is 2.41. The molecular weight excluding hydrogens is 338 g/mol. The van der Waals surface area contributed by atoms with Crippen molar-refractivity contribution in [1.29, 1.82) is 0 Å². The van der Waals surface area contributed by atoms with Gasteiger partial charge in [0.15, 0.2) is 11.6 Å². The third-order valence-electron chi connectivity index (χ3n) is 6.50. The molecule has 142 valence electrons. The van der Waals surface area contributed by atoms with Gasteiger partial charge < -0.3 is 4.90 Å². The highest BCUT2D eigenvalue weighted by Gasteiger charge is 2.43. The molecule has 0 amide bonds. The second kappa shape index (κ2) is 7.16. The summed E-state index contributed by atoms with van der Waals surface area (Å²) in [6.45, 7) is 7.11. The number of nitrogens with zero attached hydrogens (tertiary/aromatic N) is 1. The van der Waals surface area contributed by atoms with Crippen LogP contribution in [0, 0.1) is 17.8 Å². The van der Waals surface area contributed by atoms with Gasteiger partial charge in [0.25, 0.3) is 0 Å². The molecule has 1 aliphatic heterocycles. The highest BCUT2D eigenvalue weighted by molar-refractivity contribution is 6.29. The lowest BCUT2D eigenvalue weighted by molar-refractivity contribution is -0.122. The summed E-state index contributed by atoms with van der Waals surface area (Å²) < 4.78 is 0. The molecule has 3 aliphatic rings. The molecule has 0 bridgehead atoms. The van der Waals surface area contributed by atoms with Crippen molar-refractivity contribution in [1.82, 2.24) is 4.90 Å². The summed E-state index contributed by atoms with van der Waals surface area (Å²) in [7, 11) is 0. The molecule has 1 fully saturated rings. The van der Waals surface area contributed by atoms with Gasteiger partial charge >= 0.3 is 0 Å². The lowest BCUT2D eigenvalue weighted by Gasteiger charge is -2.36. The molecule has 3 atom stereocenters. The first-order valence-corrected chi connectivity index (χ1v) is 10.1. The first-order chi connectivity index (χ1) is 13.0. The van der Waals surface area contributed by atoms with Gasteiger partial charge in [-0.25, -0.2) is 0 Å². The molecule has 0 N–H and O–H groups in total. The molecular formula is C23H27NO3. The number of ketones is 3. The van der Waals surface area contributed by atoms with Crippen LogP contribution in [0.1, 0.15) is 60.2 Å². The van der Waals surface area contributed by atoms with Crippen LogP contribution in [0.3, 0.4) is 0 Å². The topological polar surface area (TPSA) is 54.5 Å². The Morgan fingerprint density at radius 1 is 1.00 bits per heavy atom. The van der Waals surface area contributed by atoms with Crippen molar-refractivity contribution in [2.24, 2.45) is 17.8 Å². The fourth-order valence-electron chi connectivity index (χ4n) is 5.01. The number of fused-ring (bicyclic) bond motifs is 1. The SMILES string of the molecule is CC1CCCN(CCC2CC(=O)C(C)C3=C2C(=O)c2ccccc2C3=O)C1. The zero-order valence-electron chi connectivity index (χ0n) is 16.2.